The van der Waals surface area contributed by atoms with Gasteiger partial charge >= 0.3 is 6.03 Å². The van der Waals surface area contributed by atoms with E-state index in [1.165, 1.54) is 25.7 Å². The average Bonchev–Trinajstić information content (AvgIpc) is 2.98. The summed E-state index contributed by atoms with van der Waals surface area (Å²) in [5.41, 5.74) is 6.22. The van der Waals surface area contributed by atoms with Crippen LogP contribution in [0, 0.1) is 17.8 Å². The van der Waals surface area contributed by atoms with Crippen LogP contribution in [0.1, 0.15) is 58.3 Å². The lowest BCUT2D eigenvalue weighted by atomic mass is 9.65. The minimum Gasteiger partial charge on any atom is -0.385 e. The summed E-state index contributed by atoms with van der Waals surface area (Å²) in [7, 11) is 0. The van der Waals surface area contributed by atoms with Crippen molar-refractivity contribution < 1.29 is 4.79 Å². The van der Waals surface area contributed by atoms with Crippen molar-refractivity contribution in [2.75, 3.05) is 0 Å². The van der Waals surface area contributed by atoms with Crippen LogP contribution in [0.3, 0.4) is 0 Å². The van der Waals surface area contributed by atoms with Crippen molar-refractivity contribution in [3.63, 3.8) is 0 Å². The molecule has 0 aromatic carbocycles. The van der Waals surface area contributed by atoms with E-state index < -0.39 is 5.54 Å². The molecule has 4 nitrogen and oxygen atoms in total. The molecule has 3 aliphatic rings. The van der Waals surface area contributed by atoms with E-state index in [4.69, 9.17) is 12.2 Å². The van der Waals surface area contributed by atoms with Crippen molar-refractivity contribution in [3.05, 3.63) is 0 Å². The molecule has 3 rings (SSSR count). The number of amidine groups is 1. The SMILES string of the molecule is C#CC(C)N1C(=O)N=C(N)C12CCC1(CCCC1)CC2. The fourth-order valence-electron chi connectivity index (χ4n) is 4.49. The quantitative estimate of drug-likeness (QED) is 0.747. The zero-order valence-electron chi connectivity index (χ0n) is 12.2. The Kier molecular flexibility index (Phi) is 3.04. The monoisotopic (exact) mass is 273 g/mol. The van der Waals surface area contributed by atoms with Gasteiger partial charge in [-0.3, -0.25) is 4.90 Å². The van der Waals surface area contributed by atoms with Crippen molar-refractivity contribution in [1.82, 2.24) is 4.90 Å². The van der Waals surface area contributed by atoms with E-state index in [0.29, 0.717) is 11.3 Å². The van der Waals surface area contributed by atoms with Gasteiger partial charge in [0.25, 0.3) is 0 Å². The maximum Gasteiger partial charge on any atom is 0.347 e. The Labute approximate surface area is 120 Å². The Morgan fingerprint density at radius 1 is 1.25 bits per heavy atom. The number of aliphatic imine (C=N–C) groups is 1. The Hall–Kier alpha value is -1.50. The molecule has 0 aromatic rings. The number of rotatable bonds is 1. The highest BCUT2D eigenvalue weighted by Crippen LogP contribution is 2.53. The molecular weight excluding hydrogens is 250 g/mol. The van der Waals surface area contributed by atoms with Gasteiger partial charge in [-0.2, -0.15) is 4.99 Å². The van der Waals surface area contributed by atoms with Crippen LogP contribution in [0.5, 0.6) is 0 Å². The first-order valence-electron chi connectivity index (χ1n) is 7.67. The van der Waals surface area contributed by atoms with Crippen molar-refractivity contribution in [2.45, 2.75) is 69.9 Å². The van der Waals surface area contributed by atoms with Gasteiger partial charge in [0.15, 0.2) is 0 Å². The van der Waals surface area contributed by atoms with Gasteiger partial charge in [-0.1, -0.05) is 18.8 Å². The average molecular weight is 273 g/mol. The molecule has 2 N–H and O–H groups in total. The topological polar surface area (TPSA) is 58.7 Å². The zero-order chi connectivity index (χ0) is 14.4. The van der Waals surface area contributed by atoms with E-state index in [-0.39, 0.29) is 12.1 Å². The van der Waals surface area contributed by atoms with E-state index >= 15 is 0 Å². The summed E-state index contributed by atoms with van der Waals surface area (Å²) in [5.74, 6) is 3.15. The van der Waals surface area contributed by atoms with Crippen LogP contribution in [-0.4, -0.2) is 28.3 Å². The lowest BCUT2D eigenvalue weighted by molar-refractivity contribution is 0.0757. The number of urea groups is 1. The summed E-state index contributed by atoms with van der Waals surface area (Å²) in [5, 5.41) is 0. The van der Waals surface area contributed by atoms with Crippen LogP contribution < -0.4 is 5.73 Å². The van der Waals surface area contributed by atoms with Gasteiger partial charge < -0.3 is 5.73 Å². The molecule has 0 aromatic heterocycles. The first-order valence-corrected chi connectivity index (χ1v) is 7.67. The lowest BCUT2D eigenvalue weighted by Crippen LogP contribution is -2.59. The maximum atomic E-state index is 12.1. The first-order chi connectivity index (χ1) is 9.53. The van der Waals surface area contributed by atoms with Crippen molar-refractivity contribution in [3.8, 4) is 12.3 Å². The molecule has 2 saturated carbocycles. The van der Waals surface area contributed by atoms with Crippen LogP contribution in [-0.2, 0) is 0 Å². The van der Waals surface area contributed by atoms with Crippen molar-refractivity contribution in [1.29, 1.82) is 0 Å². The second-order valence-corrected chi connectivity index (χ2v) is 6.73. The standard InChI is InChI=1S/C16H23N3O/c1-3-12(2)19-14(20)18-13(17)16(19)10-8-15(9-11-16)6-4-5-7-15/h1,12H,4-11H2,2H3,(H2,17,18,20). The van der Waals surface area contributed by atoms with Crippen LogP contribution in [0.15, 0.2) is 4.99 Å². The van der Waals surface area contributed by atoms with Crippen LogP contribution in [0.2, 0.25) is 0 Å². The van der Waals surface area contributed by atoms with Gasteiger partial charge in [0.2, 0.25) is 0 Å². The minimum absolute atomic E-state index is 0.245. The third-order valence-corrected chi connectivity index (χ3v) is 5.79. The predicted molar refractivity (Wildman–Crippen MR) is 79.3 cm³/mol. The third kappa shape index (κ3) is 1.76. The van der Waals surface area contributed by atoms with E-state index in [9.17, 15) is 4.79 Å². The summed E-state index contributed by atoms with van der Waals surface area (Å²) in [6.45, 7) is 1.88. The van der Waals surface area contributed by atoms with Crippen LogP contribution in [0.25, 0.3) is 0 Å². The second-order valence-electron chi connectivity index (χ2n) is 6.73. The van der Waals surface area contributed by atoms with E-state index in [2.05, 4.69) is 10.9 Å². The number of terminal acetylenes is 1. The number of carbonyl (C=O) groups excluding carboxylic acids is 1. The largest absolute Gasteiger partial charge is 0.385 e. The number of carbonyl (C=O) groups is 1. The van der Waals surface area contributed by atoms with Gasteiger partial charge in [0, 0.05) is 0 Å². The molecule has 20 heavy (non-hydrogen) atoms. The molecule has 4 heteroatoms. The fraction of sp³-hybridized carbons (Fsp3) is 0.750. The van der Waals surface area contributed by atoms with Crippen molar-refractivity contribution >= 4 is 11.9 Å². The maximum absolute atomic E-state index is 12.1. The van der Waals surface area contributed by atoms with E-state index in [1.54, 1.807) is 4.90 Å². The highest BCUT2D eigenvalue weighted by molar-refractivity contribution is 6.06. The molecule has 108 valence electrons. The molecule has 2 spiro atoms. The second kappa shape index (κ2) is 4.51. The van der Waals surface area contributed by atoms with E-state index in [1.807, 2.05) is 6.92 Å². The van der Waals surface area contributed by atoms with Crippen molar-refractivity contribution in [2.24, 2.45) is 16.1 Å². The smallest absolute Gasteiger partial charge is 0.347 e. The molecule has 1 atom stereocenters. The van der Waals surface area contributed by atoms with Crippen LogP contribution in [0.4, 0.5) is 4.79 Å². The van der Waals surface area contributed by atoms with Gasteiger partial charge in [-0.05, 0) is 50.9 Å². The number of nitrogens with two attached hydrogens (primary N) is 1. The molecule has 0 bridgehead atoms. The Morgan fingerprint density at radius 3 is 2.40 bits per heavy atom. The molecule has 1 aliphatic heterocycles. The summed E-state index contributed by atoms with van der Waals surface area (Å²) in [4.78, 5) is 17.9. The molecule has 1 unspecified atom stereocenters. The normalized spacial score (nSPS) is 28.7. The summed E-state index contributed by atoms with van der Waals surface area (Å²) >= 11 is 0. The molecule has 2 fully saturated rings. The first kappa shape index (κ1) is 13.5. The zero-order valence-corrected chi connectivity index (χ0v) is 12.2. The third-order valence-electron chi connectivity index (χ3n) is 5.79. The highest BCUT2D eigenvalue weighted by atomic mass is 16.2. The number of hydrogen-bond donors (Lipinski definition) is 1. The molecular formula is C16H23N3O. The van der Waals surface area contributed by atoms with Gasteiger partial charge in [0.1, 0.15) is 11.4 Å². The number of amides is 2. The van der Waals surface area contributed by atoms with Gasteiger partial charge in [0.05, 0.1) is 6.04 Å². The molecule has 2 amide bonds. The predicted octanol–water partition coefficient (Wildman–Crippen LogP) is 2.67. The molecule has 2 aliphatic carbocycles. The van der Waals surface area contributed by atoms with Gasteiger partial charge in [-0.15, -0.1) is 6.42 Å². The Bertz CT molecular complexity index is 486. The number of hydrogen-bond acceptors (Lipinski definition) is 2. The van der Waals surface area contributed by atoms with Crippen LogP contribution >= 0.6 is 0 Å². The summed E-state index contributed by atoms with van der Waals surface area (Å²) in [6.07, 6.45) is 15.0. The molecule has 1 heterocycles. The lowest BCUT2D eigenvalue weighted by Gasteiger charge is -2.48. The molecule has 0 saturated heterocycles. The number of nitrogens with zero attached hydrogens (tertiary/aromatic N) is 2. The Morgan fingerprint density at radius 2 is 1.85 bits per heavy atom. The fourth-order valence-corrected chi connectivity index (χ4v) is 4.49. The summed E-state index contributed by atoms with van der Waals surface area (Å²) < 4.78 is 0. The summed E-state index contributed by atoms with van der Waals surface area (Å²) in [6, 6.07) is -0.500. The highest BCUT2D eigenvalue weighted by Gasteiger charge is 2.54. The molecule has 0 radical (unpaired) electrons. The Balaban J connectivity index is 1.86. The van der Waals surface area contributed by atoms with E-state index in [0.717, 1.165) is 25.7 Å². The minimum atomic E-state index is -0.406. The van der Waals surface area contributed by atoms with Gasteiger partial charge in [-0.25, -0.2) is 4.79 Å².